The number of Topliss-reactive ketones (excluding diaryl/α,β-unsaturated/α-hetero) is 1. The first kappa shape index (κ1) is 10.5. The van der Waals surface area contributed by atoms with Crippen molar-refractivity contribution in [1.29, 1.82) is 0 Å². The van der Waals surface area contributed by atoms with Gasteiger partial charge in [-0.1, -0.05) is 45.8 Å². The second-order valence-electron chi connectivity index (χ2n) is 3.16. The van der Waals surface area contributed by atoms with E-state index in [1.54, 1.807) is 0 Å². The summed E-state index contributed by atoms with van der Waals surface area (Å²) in [6.07, 6.45) is 1.49. The quantitative estimate of drug-likeness (QED) is 0.741. The first-order valence-electron chi connectivity index (χ1n) is 4.35. The summed E-state index contributed by atoms with van der Waals surface area (Å²) in [4.78, 5) is 11.0. The van der Waals surface area contributed by atoms with Crippen LogP contribution in [0.4, 0.5) is 0 Å². The largest absolute Gasteiger partial charge is 0.299 e. The predicted octanol–water partition coefficient (Wildman–Crippen LogP) is 2.89. The molecular weight excluding hydrogens is 228 g/mol. The molecule has 2 heteroatoms. The molecule has 0 spiro atoms. The molecule has 13 heavy (non-hydrogen) atoms. The van der Waals surface area contributed by atoms with E-state index in [1.165, 1.54) is 11.1 Å². The second kappa shape index (κ2) is 5.18. The number of hydrogen-bond donors (Lipinski definition) is 0. The Balaban J connectivity index is 2.46. The molecule has 0 radical (unpaired) electrons. The van der Waals surface area contributed by atoms with Crippen LogP contribution in [0, 0.1) is 6.92 Å². The van der Waals surface area contributed by atoms with Gasteiger partial charge in [0.2, 0.25) is 0 Å². The zero-order chi connectivity index (χ0) is 9.68. The minimum atomic E-state index is 0.264. The van der Waals surface area contributed by atoms with E-state index in [0.29, 0.717) is 11.8 Å². The number of rotatable bonds is 4. The van der Waals surface area contributed by atoms with Crippen molar-refractivity contribution in [2.45, 2.75) is 19.8 Å². The summed E-state index contributed by atoms with van der Waals surface area (Å²) in [5, 5.41) is 0.471. The number of benzene rings is 1. The first-order chi connectivity index (χ1) is 6.22. The smallest absolute Gasteiger partial charge is 0.143 e. The molecule has 1 aromatic rings. The molecule has 1 aromatic carbocycles. The molecule has 0 aliphatic carbocycles. The van der Waals surface area contributed by atoms with Crippen molar-refractivity contribution in [1.82, 2.24) is 0 Å². The van der Waals surface area contributed by atoms with Gasteiger partial charge in [-0.15, -0.1) is 0 Å². The van der Waals surface area contributed by atoms with E-state index in [9.17, 15) is 4.79 Å². The third kappa shape index (κ3) is 3.73. The van der Waals surface area contributed by atoms with E-state index in [4.69, 9.17) is 0 Å². The highest BCUT2D eigenvalue weighted by molar-refractivity contribution is 9.09. The van der Waals surface area contributed by atoms with Gasteiger partial charge in [0.25, 0.3) is 0 Å². The summed E-state index contributed by atoms with van der Waals surface area (Å²) in [5.74, 6) is 0.264. The average molecular weight is 241 g/mol. The number of aryl methyl sites for hydroxylation is 2. The lowest BCUT2D eigenvalue weighted by Gasteiger charge is -1.99. The maximum atomic E-state index is 11.0. The Labute approximate surface area is 87.3 Å². The highest BCUT2D eigenvalue weighted by Crippen LogP contribution is 2.06. The molecule has 0 N–H and O–H groups in total. The van der Waals surface area contributed by atoms with E-state index in [-0.39, 0.29) is 5.78 Å². The Morgan fingerprint density at radius 2 is 1.92 bits per heavy atom. The van der Waals surface area contributed by atoms with Crippen LogP contribution in [0.1, 0.15) is 17.5 Å². The van der Waals surface area contributed by atoms with E-state index in [0.717, 1.165) is 6.42 Å². The molecule has 1 nitrogen and oxygen atoms in total. The average Bonchev–Trinajstić information content (AvgIpc) is 2.16. The van der Waals surface area contributed by atoms with Crippen LogP contribution < -0.4 is 0 Å². The van der Waals surface area contributed by atoms with Gasteiger partial charge >= 0.3 is 0 Å². The van der Waals surface area contributed by atoms with Crippen molar-refractivity contribution in [2.75, 3.05) is 5.33 Å². The minimum absolute atomic E-state index is 0.264. The van der Waals surface area contributed by atoms with E-state index < -0.39 is 0 Å². The summed E-state index contributed by atoms with van der Waals surface area (Å²) in [5.41, 5.74) is 2.50. The van der Waals surface area contributed by atoms with Gasteiger partial charge in [0, 0.05) is 6.42 Å². The Hall–Kier alpha value is -0.630. The maximum absolute atomic E-state index is 11.0. The molecule has 0 saturated carbocycles. The maximum Gasteiger partial charge on any atom is 0.143 e. The fourth-order valence-corrected chi connectivity index (χ4v) is 1.39. The van der Waals surface area contributed by atoms with Crippen molar-refractivity contribution in [3.63, 3.8) is 0 Å². The summed E-state index contributed by atoms with van der Waals surface area (Å²) in [7, 11) is 0. The fourth-order valence-electron chi connectivity index (χ4n) is 1.11. The van der Waals surface area contributed by atoms with Crippen LogP contribution in [-0.4, -0.2) is 11.1 Å². The third-order valence-corrected chi connectivity index (χ3v) is 2.59. The molecule has 70 valence electrons. The van der Waals surface area contributed by atoms with Gasteiger partial charge in [-0.25, -0.2) is 0 Å². The molecule has 0 heterocycles. The van der Waals surface area contributed by atoms with Crippen LogP contribution >= 0.6 is 15.9 Å². The minimum Gasteiger partial charge on any atom is -0.299 e. The zero-order valence-corrected chi connectivity index (χ0v) is 9.30. The third-order valence-electron chi connectivity index (χ3n) is 1.96. The van der Waals surface area contributed by atoms with Gasteiger partial charge in [-0.3, -0.25) is 4.79 Å². The Morgan fingerprint density at radius 3 is 2.46 bits per heavy atom. The van der Waals surface area contributed by atoms with Crippen LogP contribution in [0.15, 0.2) is 24.3 Å². The van der Waals surface area contributed by atoms with Gasteiger partial charge in [-0.05, 0) is 18.9 Å². The Bertz CT molecular complexity index is 277. The van der Waals surface area contributed by atoms with E-state index in [1.807, 2.05) is 0 Å². The van der Waals surface area contributed by atoms with Gasteiger partial charge < -0.3 is 0 Å². The molecule has 0 atom stereocenters. The fraction of sp³-hybridized carbons (Fsp3) is 0.364. The van der Waals surface area contributed by atoms with Gasteiger partial charge in [0.15, 0.2) is 0 Å². The first-order valence-corrected chi connectivity index (χ1v) is 5.47. The summed E-state index contributed by atoms with van der Waals surface area (Å²) >= 11 is 3.15. The molecule has 0 aliphatic rings. The SMILES string of the molecule is Cc1ccc(CCC(=O)CBr)cc1. The van der Waals surface area contributed by atoms with Crippen LogP contribution in [0.25, 0.3) is 0 Å². The van der Waals surface area contributed by atoms with E-state index >= 15 is 0 Å². The molecule has 0 amide bonds. The number of halogens is 1. The topological polar surface area (TPSA) is 17.1 Å². The molecule has 0 saturated heterocycles. The van der Waals surface area contributed by atoms with Gasteiger partial charge in [0.05, 0.1) is 5.33 Å². The molecule has 0 aliphatic heterocycles. The van der Waals surface area contributed by atoms with Crippen molar-refractivity contribution < 1.29 is 4.79 Å². The number of alkyl halides is 1. The van der Waals surface area contributed by atoms with E-state index in [2.05, 4.69) is 47.1 Å². The molecular formula is C11H13BrO. The lowest BCUT2D eigenvalue weighted by Crippen LogP contribution is -2.00. The molecule has 0 unspecified atom stereocenters. The van der Waals surface area contributed by atoms with Gasteiger partial charge in [0.1, 0.15) is 5.78 Å². The van der Waals surface area contributed by atoms with Crippen molar-refractivity contribution >= 4 is 21.7 Å². The number of hydrogen-bond acceptors (Lipinski definition) is 1. The van der Waals surface area contributed by atoms with Gasteiger partial charge in [-0.2, -0.15) is 0 Å². The van der Waals surface area contributed by atoms with Crippen LogP contribution in [0.2, 0.25) is 0 Å². The number of carbonyl (C=O) groups is 1. The summed E-state index contributed by atoms with van der Waals surface area (Å²) in [6.45, 7) is 2.06. The molecule has 0 fully saturated rings. The molecule has 0 bridgehead atoms. The van der Waals surface area contributed by atoms with Crippen LogP contribution in [0.5, 0.6) is 0 Å². The highest BCUT2D eigenvalue weighted by Gasteiger charge is 1.99. The van der Waals surface area contributed by atoms with Crippen LogP contribution in [-0.2, 0) is 11.2 Å². The monoisotopic (exact) mass is 240 g/mol. The Morgan fingerprint density at radius 1 is 1.31 bits per heavy atom. The zero-order valence-electron chi connectivity index (χ0n) is 7.72. The normalized spacial score (nSPS) is 10.0. The lowest BCUT2D eigenvalue weighted by atomic mass is 10.1. The standard InChI is InChI=1S/C11H13BrO/c1-9-2-4-10(5-3-9)6-7-11(13)8-12/h2-5H,6-8H2,1H3. The lowest BCUT2D eigenvalue weighted by molar-refractivity contribution is -0.116. The summed E-state index contributed by atoms with van der Waals surface area (Å²) in [6, 6.07) is 8.32. The number of carbonyl (C=O) groups excluding carboxylic acids is 1. The number of ketones is 1. The van der Waals surface area contributed by atoms with Crippen molar-refractivity contribution in [3.8, 4) is 0 Å². The molecule has 0 aromatic heterocycles. The van der Waals surface area contributed by atoms with Crippen molar-refractivity contribution in [3.05, 3.63) is 35.4 Å². The second-order valence-corrected chi connectivity index (χ2v) is 3.72. The molecule has 1 rings (SSSR count). The van der Waals surface area contributed by atoms with Crippen LogP contribution in [0.3, 0.4) is 0 Å². The highest BCUT2D eigenvalue weighted by atomic mass is 79.9. The summed E-state index contributed by atoms with van der Waals surface area (Å²) < 4.78 is 0. The Kier molecular flexibility index (Phi) is 4.16. The predicted molar refractivity (Wildman–Crippen MR) is 58.3 cm³/mol. The van der Waals surface area contributed by atoms with Crippen molar-refractivity contribution in [2.24, 2.45) is 0 Å².